The normalized spacial score (nSPS) is 14.5. The van der Waals surface area contributed by atoms with Crippen LogP contribution in [0, 0.1) is 0 Å². The molecule has 0 saturated heterocycles. The summed E-state index contributed by atoms with van der Waals surface area (Å²) < 4.78 is 40.3. The van der Waals surface area contributed by atoms with Gasteiger partial charge in [-0.3, -0.25) is 0 Å². The highest BCUT2D eigenvalue weighted by molar-refractivity contribution is 6.42. The average Bonchev–Trinajstić information content (AvgIpc) is 2.89. The fourth-order valence-corrected chi connectivity index (χ4v) is 2.84. The van der Waals surface area contributed by atoms with Gasteiger partial charge < -0.3 is 19.9 Å². The van der Waals surface area contributed by atoms with Gasteiger partial charge in [0.25, 0.3) is 0 Å². The van der Waals surface area contributed by atoms with Gasteiger partial charge in [0.2, 0.25) is 0 Å². The number of methoxy groups -OCH3 is 1. The van der Waals surface area contributed by atoms with Crippen molar-refractivity contribution >= 4 is 46.5 Å². The van der Waals surface area contributed by atoms with E-state index in [9.17, 15) is 13.6 Å². The summed E-state index contributed by atoms with van der Waals surface area (Å²) >= 11 is 17.9. The number of benzene rings is 1. The summed E-state index contributed by atoms with van der Waals surface area (Å²) in [4.78, 5) is 15.8. The number of hydrogen-bond acceptors (Lipinski definition) is 6. The molecule has 2 N–H and O–H groups in total. The number of nitrogens with zero attached hydrogens (tertiary/aromatic N) is 1. The molecule has 25 heavy (non-hydrogen) atoms. The highest BCUT2D eigenvalue weighted by Gasteiger charge is 2.46. The van der Waals surface area contributed by atoms with Crippen LogP contribution in [0.5, 0.6) is 11.5 Å². The second-order valence-electron chi connectivity index (χ2n) is 4.76. The van der Waals surface area contributed by atoms with E-state index in [1.807, 2.05) is 0 Å². The summed E-state index contributed by atoms with van der Waals surface area (Å²) in [7, 11) is 1.11. The number of hydrogen-bond donors (Lipinski definition) is 1. The predicted molar refractivity (Wildman–Crippen MR) is 86.7 cm³/mol. The molecule has 6 nitrogen and oxygen atoms in total. The third-order valence-electron chi connectivity index (χ3n) is 3.25. The Balaban J connectivity index is 2.28. The van der Waals surface area contributed by atoms with Gasteiger partial charge in [-0.25, -0.2) is 9.78 Å². The van der Waals surface area contributed by atoms with Crippen LogP contribution in [0.15, 0.2) is 12.1 Å². The lowest BCUT2D eigenvalue weighted by molar-refractivity contribution is -0.286. The highest BCUT2D eigenvalue weighted by Crippen LogP contribution is 2.52. The van der Waals surface area contributed by atoms with E-state index in [0.29, 0.717) is 0 Å². The molecule has 132 valence electrons. The van der Waals surface area contributed by atoms with E-state index in [0.717, 1.165) is 7.11 Å². The molecule has 0 spiro atoms. The monoisotopic (exact) mass is 410 g/mol. The second kappa shape index (κ2) is 6.05. The minimum Gasteiger partial charge on any atom is -0.464 e. The average molecular weight is 412 g/mol. The minimum absolute atomic E-state index is 0.0184. The fraction of sp³-hybridized carbons (Fsp3) is 0.143. The molecule has 2 aromatic rings. The number of fused-ring (bicyclic) bond motifs is 1. The van der Waals surface area contributed by atoms with Gasteiger partial charge >= 0.3 is 12.3 Å². The fourth-order valence-electron chi connectivity index (χ4n) is 2.15. The van der Waals surface area contributed by atoms with Gasteiger partial charge in [0.15, 0.2) is 17.2 Å². The molecule has 0 fully saturated rings. The zero-order valence-corrected chi connectivity index (χ0v) is 14.5. The van der Waals surface area contributed by atoms with Crippen LogP contribution in [0.1, 0.15) is 10.5 Å². The Labute approximate surface area is 154 Å². The molecule has 1 aliphatic rings. The molecule has 0 amide bonds. The first-order chi connectivity index (χ1) is 11.7. The molecule has 0 saturated carbocycles. The van der Waals surface area contributed by atoms with Crippen LogP contribution in [-0.2, 0) is 4.74 Å². The summed E-state index contributed by atoms with van der Waals surface area (Å²) in [6.45, 7) is 0. The first-order valence-electron chi connectivity index (χ1n) is 6.47. The number of pyridine rings is 1. The van der Waals surface area contributed by atoms with Crippen molar-refractivity contribution in [3.8, 4) is 22.8 Å². The number of nitrogens with two attached hydrogens (primary N) is 1. The van der Waals surface area contributed by atoms with Gasteiger partial charge in [-0.15, -0.1) is 8.78 Å². The van der Waals surface area contributed by atoms with E-state index in [4.69, 9.17) is 40.5 Å². The van der Waals surface area contributed by atoms with Gasteiger partial charge in [-0.2, -0.15) is 0 Å². The molecule has 2 heterocycles. The molecular formula is C14H7Cl3F2N2O4. The van der Waals surface area contributed by atoms with Crippen molar-refractivity contribution in [1.82, 2.24) is 4.98 Å². The van der Waals surface area contributed by atoms with Gasteiger partial charge in [0.05, 0.1) is 33.6 Å². The third kappa shape index (κ3) is 2.90. The zero-order valence-electron chi connectivity index (χ0n) is 12.2. The standard InChI is InChI=1S/C14H7Cl3F2N2O4/c1-23-13(22)10-7(17)8(20)6(16)9(21-10)4-2-3-5(15)12-11(4)24-14(18,19)25-12/h2-3H,1H3,(H2,20,21). The van der Waals surface area contributed by atoms with Gasteiger partial charge in [0, 0.05) is 5.56 Å². The van der Waals surface area contributed by atoms with Crippen molar-refractivity contribution in [3.05, 3.63) is 32.9 Å². The maximum absolute atomic E-state index is 13.4. The molecule has 0 bridgehead atoms. The Morgan fingerprint density at radius 3 is 2.48 bits per heavy atom. The van der Waals surface area contributed by atoms with Crippen LogP contribution in [-0.4, -0.2) is 24.4 Å². The lowest BCUT2D eigenvalue weighted by atomic mass is 10.1. The minimum atomic E-state index is -3.92. The van der Waals surface area contributed by atoms with Crippen molar-refractivity contribution in [2.45, 2.75) is 6.29 Å². The van der Waals surface area contributed by atoms with E-state index < -0.39 is 23.8 Å². The van der Waals surface area contributed by atoms with Gasteiger partial charge in [-0.1, -0.05) is 34.8 Å². The van der Waals surface area contributed by atoms with Crippen molar-refractivity contribution in [2.24, 2.45) is 0 Å². The number of nitrogen functional groups attached to an aromatic ring is 1. The Morgan fingerprint density at radius 1 is 1.20 bits per heavy atom. The van der Waals surface area contributed by atoms with Gasteiger partial charge in [0.1, 0.15) is 0 Å². The van der Waals surface area contributed by atoms with Crippen molar-refractivity contribution in [3.63, 3.8) is 0 Å². The molecule has 1 aromatic carbocycles. The van der Waals surface area contributed by atoms with E-state index in [1.54, 1.807) is 0 Å². The third-order valence-corrected chi connectivity index (χ3v) is 4.31. The molecule has 3 rings (SSSR count). The van der Waals surface area contributed by atoms with E-state index in [1.165, 1.54) is 12.1 Å². The summed E-state index contributed by atoms with van der Waals surface area (Å²) in [6.07, 6.45) is -3.92. The Morgan fingerprint density at radius 2 is 1.84 bits per heavy atom. The molecule has 11 heteroatoms. The molecule has 0 atom stereocenters. The van der Waals surface area contributed by atoms with Crippen molar-refractivity contribution in [2.75, 3.05) is 12.8 Å². The maximum atomic E-state index is 13.4. The van der Waals surface area contributed by atoms with E-state index >= 15 is 0 Å². The Hall–Kier alpha value is -2.03. The number of halogens is 5. The summed E-state index contributed by atoms with van der Waals surface area (Å²) in [6, 6.07) is 2.59. The largest absolute Gasteiger partial charge is 0.586 e. The number of carbonyl (C=O) groups is 1. The molecule has 0 aliphatic carbocycles. The SMILES string of the molecule is COC(=O)c1nc(-c2ccc(Cl)c3c2OC(F)(F)O3)c(Cl)c(N)c1Cl. The van der Waals surface area contributed by atoms with Gasteiger partial charge in [-0.05, 0) is 12.1 Å². The Bertz CT molecular complexity index is 908. The zero-order chi connectivity index (χ0) is 18.5. The number of esters is 1. The highest BCUT2D eigenvalue weighted by atomic mass is 35.5. The Kier molecular flexibility index (Phi) is 4.30. The van der Waals surface area contributed by atoms with Crippen molar-refractivity contribution in [1.29, 1.82) is 0 Å². The summed E-state index contributed by atoms with van der Waals surface area (Å²) in [5.74, 6) is -1.68. The molecule has 0 unspecified atom stereocenters. The van der Waals surface area contributed by atoms with Crippen LogP contribution >= 0.6 is 34.8 Å². The van der Waals surface area contributed by atoms with E-state index in [-0.39, 0.29) is 37.7 Å². The van der Waals surface area contributed by atoms with E-state index in [2.05, 4.69) is 19.2 Å². The van der Waals surface area contributed by atoms with Crippen molar-refractivity contribution < 1.29 is 27.8 Å². The first kappa shape index (κ1) is 17.8. The van der Waals surface area contributed by atoms with Crippen LogP contribution in [0.2, 0.25) is 15.1 Å². The summed E-state index contributed by atoms with van der Waals surface area (Å²) in [5, 5.41) is -0.503. The second-order valence-corrected chi connectivity index (χ2v) is 5.93. The van der Waals surface area contributed by atoms with Crippen LogP contribution in [0.25, 0.3) is 11.3 Å². The first-order valence-corrected chi connectivity index (χ1v) is 7.61. The van der Waals surface area contributed by atoms with Crippen LogP contribution in [0.3, 0.4) is 0 Å². The predicted octanol–water partition coefficient (Wildman–Crippen LogP) is 4.40. The lowest BCUT2D eigenvalue weighted by Gasteiger charge is -2.13. The van der Waals surface area contributed by atoms with Crippen LogP contribution < -0.4 is 15.2 Å². The number of rotatable bonds is 2. The maximum Gasteiger partial charge on any atom is 0.586 e. The summed E-state index contributed by atoms with van der Waals surface area (Å²) in [5.41, 5.74) is 5.12. The lowest BCUT2D eigenvalue weighted by Crippen LogP contribution is -2.26. The number of anilines is 1. The number of carbonyl (C=O) groups excluding carboxylic acids is 1. The number of alkyl halides is 2. The molecular weight excluding hydrogens is 405 g/mol. The topological polar surface area (TPSA) is 83.7 Å². The quantitative estimate of drug-likeness (QED) is 0.738. The number of ether oxygens (including phenoxy) is 3. The molecule has 0 radical (unpaired) electrons. The smallest absolute Gasteiger partial charge is 0.464 e. The number of aromatic nitrogens is 1. The van der Waals surface area contributed by atoms with Crippen LogP contribution in [0.4, 0.5) is 14.5 Å². The molecule has 1 aliphatic heterocycles. The molecule has 1 aromatic heterocycles.